The standard InChI is InChI=1S/C16H14F2N4S3/c17-14(18)24-13-6-4-12(5-7-13)20-15-21-22-16(25-15)23-10-8-11-3-1-2-9-19-11/h1-7,9,14H,8,10H2,(H,20,21). The number of hydrogen-bond acceptors (Lipinski definition) is 7. The first kappa shape index (κ1) is 18.1. The summed E-state index contributed by atoms with van der Waals surface area (Å²) in [5.41, 5.74) is 1.85. The number of pyridine rings is 1. The fraction of sp³-hybridized carbons (Fsp3) is 0.188. The molecule has 3 aromatic rings. The first-order valence-corrected chi connectivity index (χ1v) is 10.1. The van der Waals surface area contributed by atoms with E-state index in [1.165, 1.54) is 11.3 Å². The van der Waals surface area contributed by atoms with Crippen LogP contribution in [0.5, 0.6) is 0 Å². The smallest absolute Gasteiger partial charge is 0.288 e. The van der Waals surface area contributed by atoms with Crippen molar-refractivity contribution < 1.29 is 8.78 Å². The maximum Gasteiger partial charge on any atom is 0.288 e. The van der Waals surface area contributed by atoms with E-state index in [0.29, 0.717) is 21.8 Å². The van der Waals surface area contributed by atoms with E-state index in [1.807, 2.05) is 18.2 Å². The van der Waals surface area contributed by atoms with Gasteiger partial charge in [0.1, 0.15) is 0 Å². The van der Waals surface area contributed by atoms with Crippen LogP contribution in [0.15, 0.2) is 57.9 Å². The zero-order valence-corrected chi connectivity index (χ0v) is 15.4. The average molecular weight is 397 g/mol. The number of aromatic nitrogens is 3. The van der Waals surface area contributed by atoms with Crippen molar-refractivity contribution in [3.8, 4) is 0 Å². The minimum absolute atomic E-state index is 0.530. The highest BCUT2D eigenvalue weighted by atomic mass is 32.2. The summed E-state index contributed by atoms with van der Waals surface area (Å²) in [6.07, 6.45) is 2.66. The lowest BCUT2D eigenvalue weighted by molar-refractivity contribution is 0.252. The van der Waals surface area contributed by atoms with Crippen molar-refractivity contribution >= 4 is 45.7 Å². The molecule has 0 saturated carbocycles. The summed E-state index contributed by atoms with van der Waals surface area (Å²) in [6, 6.07) is 12.7. The largest absolute Gasteiger partial charge is 0.330 e. The van der Waals surface area contributed by atoms with Crippen molar-refractivity contribution in [3.05, 3.63) is 54.4 Å². The van der Waals surface area contributed by atoms with Gasteiger partial charge in [-0.25, -0.2) is 0 Å². The van der Waals surface area contributed by atoms with E-state index >= 15 is 0 Å². The molecule has 1 aromatic carbocycles. The zero-order valence-electron chi connectivity index (χ0n) is 12.9. The second-order valence-corrected chi connectivity index (χ2v) is 8.20. The van der Waals surface area contributed by atoms with Crippen LogP contribution in [-0.2, 0) is 6.42 Å². The van der Waals surface area contributed by atoms with Crippen LogP contribution in [-0.4, -0.2) is 26.7 Å². The lowest BCUT2D eigenvalue weighted by atomic mass is 10.3. The molecule has 2 heterocycles. The summed E-state index contributed by atoms with van der Waals surface area (Å²) in [5, 5.41) is 12.1. The normalized spacial score (nSPS) is 11.0. The molecule has 0 aliphatic carbocycles. The van der Waals surface area contributed by atoms with Crippen LogP contribution in [0.4, 0.5) is 19.6 Å². The Morgan fingerprint density at radius 2 is 1.92 bits per heavy atom. The molecule has 0 aliphatic heterocycles. The van der Waals surface area contributed by atoms with Crippen molar-refractivity contribution in [2.24, 2.45) is 0 Å². The first-order chi connectivity index (χ1) is 12.2. The predicted molar refractivity (Wildman–Crippen MR) is 100 cm³/mol. The number of anilines is 2. The van der Waals surface area contributed by atoms with E-state index in [1.54, 1.807) is 42.2 Å². The zero-order chi connectivity index (χ0) is 17.5. The van der Waals surface area contributed by atoms with E-state index in [9.17, 15) is 8.78 Å². The second kappa shape index (κ2) is 9.12. The van der Waals surface area contributed by atoms with E-state index < -0.39 is 5.76 Å². The fourth-order valence-corrected chi connectivity index (χ4v) is 4.25. The van der Waals surface area contributed by atoms with Gasteiger partial charge in [0.15, 0.2) is 4.34 Å². The Balaban J connectivity index is 1.49. The number of thioether (sulfide) groups is 2. The SMILES string of the molecule is FC(F)Sc1ccc(Nc2nnc(SCCc3ccccn3)s2)cc1. The monoisotopic (exact) mass is 396 g/mol. The van der Waals surface area contributed by atoms with Gasteiger partial charge in [-0.3, -0.25) is 4.98 Å². The summed E-state index contributed by atoms with van der Waals surface area (Å²) >= 11 is 3.63. The third-order valence-electron chi connectivity index (χ3n) is 3.05. The molecule has 1 N–H and O–H groups in total. The number of halogens is 2. The van der Waals surface area contributed by atoms with Crippen LogP contribution in [0.3, 0.4) is 0 Å². The molecule has 9 heteroatoms. The third-order valence-corrected chi connectivity index (χ3v) is 5.74. The number of hydrogen-bond donors (Lipinski definition) is 1. The molecule has 0 radical (unpaired) electrons. The molecule has 3 rings (SSSR count). The lowest BCUT2D eigenvalue weighted by Crippen LogP contribution is -1.91. The average Bonchev–Trinajstić information content (AvgIpc) is 3.04. The Morgan fingerprint density at radius 1 is 1.08 bits per heavy atom. The van der Waals surface area contributed by atoms with Gasteiger partial charge in [-0.2, -0.15) is 8.78 Å². The molecule has 0 saturated heterocycles. The van der Waals surface area contributed by atoms with E-state index in [-0.39, 0.29) is 0 Å². The number of alkyl halides is 2. The van der Waals surface area contributed by atoms with Crippen LogP contribution < -0.4 is 5.32 Å². The van der Waals surface area contributed by atoms with Crippen molar-refractivity contribution in [1.82, 2.24) is 15.2 Å². The molecule has 0 bridgehead atoms. The number of aryl methyl sites for hydroxylation is 1. The lowest BCUT2D eigenvalue weighted by Gasteiger charge is -2.03. The Morgan fingerprint density at radius 3 is 2.64 bits per heavy atom. The first-order valence-electron chi connectivity index (χ1n) is 7.37. The number of rotatable bonds is 8. The van der Waals surface area contributed by atoms with Crippen molar-refractivity contribution in [1.29, 1.82) is 0 Å². The summed E-state index contributed by atoms with van der Waals surface area (Å²) in [6.45, 7) is 0. The van der Waals surface area contributed by atoms with Crippen LogP contribution in [0, 0.1) is 0 Å². The Hall–Kier alpha value is -1.71. The highest BCUT2D eigenvalue weighted by molar-refractivity contribution is 8.01. The van der Waals surface area contributed by atoms with Gasteiger partial charge in [-0.1, -0.05) is 40.9 Å². The van der Waals surface area contributed by atoms with Gasteiger partial charge in [0.25, 0.3) is 5.76 Å². The van der Waals surface area contributed by atoms with Gasteiger partial charge < -0.3 is 5.32 Å². The Labute approximate surface area is 156 Å². The number of nitrogens with zero attached hydrogens (tertiary/aromatic N) is 3. The maximum atomic E-state index is 12.3. The third kappa shape index (κ3) is 5.94. The molecule has 0 amide bonds. The quantitative estimate of drug-likeness (QED) is 0.520. The molecule has 4 nitrogen and oxygen atoms in total. The summed E-state index contributed by atoms with van der Waals surface area (Å²) in [4.78, 5) is 4.82. The molecule has 0 atom stereocenters. The number of nitrogens with one attached hydrogen (secondary N) is 1. The van der Waals surface area contributed by atoms with Crippen molar-refractivity contribution in [3.63, 3.8) is 0 Å². The maximum absolute atomic E-state index is 12.3. The molecular formula is C16H14F2N4S3. The van der Waals surface area contributed by atoms with E-state index in [4.69, 9.17) is 0 Å². The van der Waals surface area contributed by atoms with Gasteiger partial charge in [0.2, 0.25) is 5.13 Å². The molecule has 25 heavy (non-hydrogen) atoms. The minimum Gasteiger partial charge on any atom is -0.330 e. The van der Waals surface area contributed by atoms with Crippen LogP contribution in [0.2, 0.25) is 0 Å². The number of benzene rings is 1. The minimum atomic E-state index is -2.41. The van der Waals surface area contributed by atoms with Gasteiger partial charge in [-0.05, 0) is 42.8 Å². The van der Waals surface area contributed by atoms with Crippen molar-refractivity contribution in [2.75, 3.05) is 11.1 Å². The molecule has 2 aromatic heterocycles. The second-order valence-electron chi connectivity index (χ2n) is 4.82. The van der Waals surface area contributed by atoms with Gasteiger partial charge in [-0.15, -0.1) is 10.2 Å². The van der Waals surface area contributed by atoms with Gasteiger partial charge in [0.05, 0.1) is 0 Å². The Bertz CT molecular complexity index is 782. The van der Waals surface area contributed by atoms with Gasteiger partial charge in [0, 0.05) is 28.2 Å². The van der Waals surface area contributed by atoms with E-state index in [2.05, 4.69) is 20.5 Å². The molecular weight excluding hydrogens is 382 g/mol. The Kier molecular flexibility index (Phi) is 6.60. The highest BCUT2D eigenvalue weighted by Gasteiger charge is 2.07. The summed E-state index contributed by atoms with van der Waals surface area (Å²) in [7, 11) is 0. The molecule has 0 aliphatic rings. The summed E-state index contributed by atoms with van der Waals surface area (Å²) < 4.78 is 25.5. The van der Waals surface area contributed by atoms with Crippen LogP contribution >= 0.6 is 34.9 Å². The topological polar surface area (TPSA) is 50.7 Å². The van der Waals surface area contributed by atoms with Crippen LogP contribution in [0.1, 0.15) is 5.69 Å². The highest BCUT2D eigenvalue weighted by Crippen LogP contribution is 2.30. The van der Waals surface area contributed by atoms with Crippen molar-refractivity contribution in [2.45, 2.75) is 21.4 Å². The van der Waals surface area contributed by atoms with Crippen LogP contribution in [0.25, 0.3) is 0 Å². The van der Waals surface area contributed by atoms with Gasteiger partial charge >= 0.3 is 0 Å². The molecule has 0 unspecified atom stereocenters. The fourth-order valence-electron chi connectivity index (χ4n) is 1.95. The molecule has 0 fully saturated rings. The summed E-state index contributed by atoms with van der Waals surface area (Å²) in [5.74, 6) is -1.53. The molecule has 130 valence electrons. The van der Waals surface area contributed by atoms with E-state index in [0.717, 1.165) is 27.9 Å². The molecule has 0 spiro atoms. The predicted octanol–water partition coefficient (Wildman–Crippen LogP) is 5.33.